The van der Waals surface area contributed by atoms with Crippen LogP contribution >= 0.6 is 0 Å². The van der Waals surface area contributed by atoms with Gasteiger partial charge in [0, 0.05) is 0 Å². The van der Waals surface area contributed by atoms with Crippen molar-refractivity contribution < 1.29 is 27.4 Å². The summed E-state index contributed by atoms with van der Waals surface area (Å²) in [5, 5.41) is 0. The Balaban J connectivity index is 2.59. The number of hydrogen-bond donors (Lipinski definition) is 1. The van der Waals surface area contributed by atoms with Gasteiger partial charge in [0.15, 0.2) is 0 Å². The second kappa shape index (κ2) is 2.58. The van der Waals surface area contributed by atoms with Crippen LogP contribution in [-0.2, 0) is 14.3 Å². The molecule has 1 heterocycles. The Hall–Kier alpha value is -1.40. The van der Waals surface area contributed by atoms with Crippen LogP contribution in [0.3, 0.4) is 0 Å². The third-order valence-electron chi connectivity index (χ3n) is 1.04. The van der Waals surface area contributed by atoms with E-state index in [4.69, 9.17) is 0 Å². The van der Waals surface area contributed by atoms with Crippen LogP contribution in [0.25, 0.3) is 0 Å². The van der Waals surface area contributed by atoms with Crippen molar-refractivity contribution in [2.45, 2.75) is 12.5 Å². The average molecular weight is 183 g/mol. The Morgan fingerprint density at radius 1 is 1.58 bits per heavy atom. The van der Waals surface area contributed by atoms with Gasteiger partial charge >= 0.3 is 12.5 Å². The van der Waals surface area contributed by atoms with Gasteiger partial charge in [-0.25, -0.2) is 0 Å². The summed E-state index contributed by atoms with van der Waals surface area (Å²) in [6, 6.07) is 0. The first-order chi connectivity index (χ1) is 5.41. The largest absolute Gasteiger partial charge is 0.464 e. The summed E-state index contributed by atoms with van der Waals surface area (Å²) in [5.41, 5.74) is 4.62. The summed E-state index contributed by atoms with van der Waals surface area (Å²) >= 11 is 0. The molecule has 1 atom stereocenters. The lowest BCUT2D eigenvalue weighted by atomic mass is 10.5. The maximum Gasteiger partial charge on any atom is 0.464 e. The van der Waals surface area contributed by atoms with Crippen molar-refractivity contribution in [3.63, 3.8) is 0 Å². The number of primary amides is 1. The molecule has 0 aromatic rings. The normalized spacial score (nSPS) is 22.6. The summed E-state index contributed by atoms with van der Waals surface area (Å²) in [4.78, 5) is 10.3. The molecule has 0 saturated heterocycles. The Morgan fingerprint density at radius 3 is 2.42 bits per heavy atom. The number of halogens is 3. The molecular formula is C5H4F3NO3. The van der Waals surface area contributed by atoms with Crippen LogP contribution in [0.5, 0.6) is 0 Å². The summed E-state index contributed by atoms with van der Waals surface area (Å²) in [6.45, 7) is 0. The third-order valence-corrected chi connectivity index (χ3v) is 1.04. The quantitative estimate of drug-likeness (QED) is 0.633. The SMILES string of the molecule is NC(=O)C1=COC(C(F)(F)F)O1. The molecule has 2 N–H and O–H groups in total. The Labute approximate surface area is 64.7 Å². The molecule has 1 aliphatic rings. The van der Waals surface area contributed by atoms with Gasteiger partial charge in [-0.3, -0.25) is 4.79 Å². The molecule has 1 aliphatic heterocycles. The van der Waals surface area contributed by atoms with Gasteiger partial charge in [0.05, 0.1) is 0 Å². The Bertz CT molecular complexity index is 235. The highest BCUT2D eigenvalue weighted by Crippen LogP contribution is 2.29. The number of hydrogen-bond acceptors (Lipinski definition) is 3. The molecule has 12 heavy (non-hydrogen) atoms. The number of carbonyl (C=O) groups excluding carboxylic acids is 1. The fourth-order valence-corrected chi connectivity index (χ4v) is 0.555. The van der Waals surface area contributed by atoms with Gasteiger partial charge in [0.25, 0.3) is 5.91 Å². The molecular weight excluding hydrogens is 179 g/mol. The first-order valence-corrected chi connectivity index (χ1v) is 2.80. The second-order valence-electron chi connectivity index (χ2n) is 1.97. The van der Waals surface area contributed by atoms with E-state index in [1.54, 1.807) is 0 Å². The first-order valence-electron chi connectivity index (χ1n) is 2.80. The van der Waals surface area contributed by atoms with Gasteiger partial charge in [-0.15, -0.1) is 0 Å². The molecule has 0 aromatic carbocycles. The first kappa shape index (κ1) is 8.69. The molecule has 0 fully saturated rings. The Kier molecular flexibility index (Phi) is 1.87. The average Bonchev–Trinajstić information content (AvgIpc) is 2.30. The second-order valence-corrected chi connectivity index (χ2v) is 1.97. The molecule has 1 amide bonds. The number of carbonyl (C=O) groups is 1. The molecule has 0 spiro atoms. The molecule has 1 rings (SSSR count). The number of ether oxygens (including phenoxy) is 2. The topological polar surface area (TPSA) is 61.6 Å². The molecule has 1 unspecified atom stereocenters. The monoisotopic (exact) mass is 183 g/mol. The highest BCUT2D eigenvalue weighted by atomic mass is 19.4. The highest BCUT2D eigenvalue weighted by molar-refractivity contribution is 5.89. The minimum absolute atomic E-state index is 0.542. The predicted octanol–water partition coefficient (Wildman–Crippen LogP) is 0.248. The van der Waals surface area contributed by atoms with Crippen LogP contribution in [0.4, 0.5) is 13.2 Å². The van der Waals surface area contributed by atoms with E-state index in [0.29, 0.717) is 6.26 Å². The maximum atomic E-state index is 11.8. The van der Waals surface area contributed by atoms with Crippen molar-refractivity contribution in [3.05, 3.63) is 12.0 Å². The zero-order valence-electron chi connectivity index (χ0n) is 5.59. The number of nitrogens with two attached hydrogens (primary N) is 1. The molecule has 0 saturated carbocycles. The van der Waals surface area contributed by atoms with E-state index in [1.807, 2.05) is 0 Å². The molecule has 4 nitrogen and oxygen atoms in total. The van der Waals surface area contributed by atoms with E-state index < -0.39 is 24.1 Å². The molecule has 7 heteroatoms. The van der Waals surface area contributed by atoms with E-state index in [9.17, 15) is 18.0 Å². The van der Waals surface area contributed by atoms with Crippen molar-refractivity contribution in [2.24, 2.45) is 5.73 Å². The smallest absolute Gasteiger partial charge is 0.451 e. The molecule has 0 bridgehead atoms. The van der Waals surface area contributed by atoms with Crippen LogP contribution in [0.1, 0.15) is 0 Å². The van der Waals surface area contributed by atoms with Crippen molar-refractivity contribution >= 4 is 5.91 Å². The van der Waals surface area contributed by atoms with Crippen LogP contribution in [0.15, 0.2) is 12.0 Å². The summed E-state index contributed by atoms with van der Waals surface area (Å²) < 4.78 is 43.3. The van der Waals surface area contributed by atoms with E-state index in [2.05, 4.69) is 15.2 Å². The molecule has 68 valence electrons. The zero-order chi connectivity index (χ0) is 9.35. The van der Waals surface area contributed by atoms with Crippen molar-refractivity contribution in [3.8, 4) is 0 Å². The van der Waals surface area contributed by atoms with Crippen molar-refractivity contribution in [2.75, 3.05) is 0 Å². The summed E-state index contributed by atoms with van der Waals surface area (Å²) in [7, 11) is 0. The van der Waals surface area contributed by atoms with Crippen LogP contribution in [-0.4, -0.2) is 18.4 Å². The van der Waals surface area contributed by atoms with Gasteiger partial charge in [-0.05, 0) is 0 Å². The lowest BCUT2D eigenvalue weighted by molar-refractivity contribution is -0.268. The van der Waals surface area contributed by atoms with E-state index >= 15 is 0 Å². The molecule has 0 radical (unpaired) electrons. The lowest BCUT2D eigenvalue weighted by Crippen LogP contribution is -2.30. The maximum absolute atomic E-state index is 11.8. The standard InChI is InChI=1S/C5H4F3NO3/c6-5(7,8)4-11-1-2(12-4)3(9)10/h1,4H,(H2,9,10). The highest BCUT2D eigenvalue weighted by Gasteiger charge is 2.47. The zero-order valence-corrected chi connectivity index (χ0v) is 5.59. The minimum atomic E-state index is -4.66. The fraction of sp³-hybridized carbons (Fsp3) is 0.400. The Morgan fingerprint density at radius 2 is 2.17 bits per heavy atom. The minimum Gasteiger partial charge on any atom is -0.451 e. The summed E-state index contributed by atoms with van der Waals surface area (Å²) in [6.07, 6.45) is -6.53. The molecule has 0 aromatic heterocycles. The van der Waals surface area contributed by atoms with Crippen molar-refractivity contribution in [1.82, 2.24) is 0 Å². The predicted molar refractivity (Wildman–Crippen MR) is 29.3 cm³/mol. The van der Waals surface area contributed by atoms with E-state index in [-0.39, 0.29) is 0 Å². The van der Waals surface area contributed by atoms with Gasteiger partial charge in [-0.1, -0.05) is 0 Å². The van der Waals surface area contributed by atoms with Gasteiger partial charge in [0.1, 0.15) is 6.26 Å². The van der Waals surface area contributed by atoms with Gasteiger partial charge < -0.3 is 15.2 Å². The number of rotatable bonds is 1. The van der Waals surface area contributed by atoms with E-state index in [0.717, 1.165) is 0 Å². The molecule has 0 aliphatic carbocycles. The van der Waals surface area contributed by atoms with Gasteiger partial charge in [-0.2, -0.15) is 13.2 Å². The van der Waals surface area contributed by atoms with Crippen LogP contribution in [0.2, 0.25) is 0 Å². The lowest BCUT2D eigenvalue weighted by Gasteiger charge is -2.13. The fourth-order valence-electron chi connectivity index (χ4n) is 0.555. The number of amides is 1. The van der Waals surface area contributed by atoms with Gasteiger partial charge in [0.2, 0.25) is 5.76 Å². The number of alkyl halides is 3. The van der Waals surface area contributed by atoms with Crippen LogP contribution < -0.4 is 5.73 Å². The van der Waals surface area contributed by atoms with Crippen molar-refractivity contribution in [1.29, 1.82) is 0 Å². The van der Waals surface area contributed by atoms with E-state index in [1.165, 1.54) is 0 Å². The van der Waals surface area contributed by atoms with Crippen LogP contribution in [0, 0.1) is 0 Å². The summed E-state index contributed by atoms with van der Waals surface area (Å²) in [5.74, 6) is -1.72. The third kappa shape index (κ3) is 1.60.